The molecule has 1 heterocycles. The Labute approximate surface area is 137 Å². The predicted molar refractivity (Wildman–Crippen MR) is 92.1 cm³/mol. The first kappa shape index (κ1) is 15.1. The van der Waals surface area contributed by atoms with Crippen molar-refractivity contribution in [1.29, 1.82) is 0 Å². The summed E-state index contributed by atoms with van der Waals surface area (Å²) in [4.78, 5) is 0. The maximum absolute atomic E-state index is 5.75. The fourth-order valence-corrected chi connectivity index (χ4v) is 4.79. The Morgan fingerprint density at radius 3 is 2.05 bits per heavy atom. The van der Waals surface area contributed by atoms with Gasteiger partial charge >= 0.3 is 137 Å². The molecule has 0 bridgehead atoms. The van der Waals surface area contributed by atoms with Gasteiger partial charge in [-0.3, -0.25) is 0 Å². The van der Waals surface area contributed by atoms with Crippen molar-refractivity contribution in [1.82, 2.24) is 5.16 Å². The van der Waals surface area contributed by atoms with Gasteiger partial charge in [-0.1, -0.05) is 0 Å². The van der Waals surface area contributed by atoms with Gasteiger partial charge in [-0.15, -0.1) is 0 Å². The SMILES string of the molecule is CC(C)(C)c1onc(-c2ccccc2)c1[Se]c1ccccc1. The molecule has 0 spiro atoms. The van der Waals surface area contributed by atoms with Crippen molar-refractivity contribution in [2.24, 2.45) is 0 Å². The topological polar surface area (TPSA) is 26.0 Å². The van der Waals surface area contributed by atoms with Gasteiger partial charge in [0.2, 0.25) is 0 Å². The standard InChI is InChI=1S/C19H19NOSe/c1-19(2,3)18-17(22-15-12-8-5-9-13-15)16(20-21-18)14-10-6-4-7-11-14/h4-13H,1-3H3. The summed E-state index contributed by atoms with van der Waals surface area (Å²) in [5, 5.41) is 4.39. The molecule has 0 amide bonds. The molecule has 0 fully saturated rings. The second-order valence-corrected chi connectivity index (χ2v) is 8.49. The van der Waals surface area contributed by atoms with E-state index in [1.54, 1.807) is 0 Å². The van der Waals surface area contributed by atoms with Crippen LogP contribution in [0, 0.1) is 0 Å². The van der Waals surface area contributed by atoms with Crippen LogP contribution in [0.4, 0.5) is 0 Å². The zero-order chi connectivity index (χ0) is 15.6. The first-order chi connectivity index (χ1) is 10.6. The van der Waals surface area contributed by atoms with Crippen LogP contribution in [0.25, 0.3) is 11.3 Å². The first-order valence-corrected chi connectivity index (χ1v) is 9.05. The Hall–Kier alpha value is -1.83. The molecular formula is C19H19NOSe. The summed E-state index contributed by atoms with van der Waals surface area (Å²) < 4.78 is 8.33. The fraction of sp³-hybridized carbons (Fsp3) is 0.211. The summed E-state index contributed by atoms with van der Waals surface area (Å²) in [7, 11) is 0. The summed E-state index contributed by atoms with van der Waals surface area (Å²) >= 11 is 0.176. The molecular weight excluding hydrogens is 337 g/mol. The summed E-state index contributed by atoms with van der Waals surface area (Å²) in [5.41, 5.74) is 2.05. The molecule has 0 aliphatic heterocycles. The van der Waals surface area contributed by atoms with E-state index in [0.717, 1.165) is 17.0 Å². The van der Waals surface area contributed by atoms with Crippen molar-refractivity contribution in [3.05, 3.63) is 66.4 Å². The third-order valence-corrected chi connectivity index (χ3v) is 5.63. The first-order valence-electron chi connectivity index (χ1n) is 7.34. The van der Waals surface area contributed by atoms with Gasteiger partial charge in [-0.2, -0.15) is 0 Å². The van der Waals surface area contributed by atoms with E-state index in [0.29, 0.717) is 0 Å². The van der Waals surface area contributed by atoms with Crippen molar-refractivity contribution < 1.29 is 4.52 Å². The van der Waals surface area contributed by atoms with Crippen LogP contribution in [0.5, 0.6) is 0 Å². The number of nitrogens with zero attached hydrogens (tertiary/aromatic N) is 1. The van der Waals surface area contributed by atoms with E-state index < -0.39 is 0 Å². The van der Waals surface area contributed by atoms with Crippen LogP contribution in [0.3, 0.4) is 0 Å². The molecule has 22 heavy (non-hydrogen) atoms. The van der Waals surface area contributed by atoms with Gasteiger partial charge in [0.25, 0.3) is 0 Å². The average Bonchev–Trinajstić information content (AvgIpc) is 2.93. The van der Waals surface area contributed by atoms with Gasteiger partial charge in [0.15, 0.2) is 0 Å². The molecule has 0 saturated heterocycles. The minimum atomic E-state index is -0.0497. The molecule has 2 aromatic carbocycles. The summed E-state index contributed by atoms with van der Waals surface area (Å²) in [6.45, 7) is 6.52. The van der Waals surface area contributed by atoms with Crippen molar-refractivity contribution in [3.63, 3.8) is 0 Å². The Morgan fingerprint density at radius 1 is 0.864 bits per heavy atom. The van der Waals surface area contributed by atoms with E-state index >= 15 is 0 Å². The summed E-state index contributed by atoms with van der Waals surface area (Å²) in [6, 6.07) is 20.9. The van der Waals surface area contributed by atoms with Gasteiger partial charge in [0.1, 0.15) is 0 Å². The van der Waals surface area contributed by atoms with E-state index in [1.165, 1.54) is 8.92 Å². The average molecular weight is 356 g/mol. The second kappa shape index (κ2) is 6.12. The molecule has 0 unspecified atom stereocenters. The number of benzene rings is 2. The summed E-state index contributed by atoms with van der Waals surface area (Å²) in [6.07, 6.45) is 0. The Balaban J connectivity index is 2.10. The number of aromatic nitrogens is 1. The predicted octanol–water partition coefficient (Wildman–Crippen LogP) is 3.29. The molecule has 0 aliphatic rings. The van der Waals surface area contributed by atoms with Crippen molar-refractivity contribution in [3.8, 4) is 11.3 Å². The van der Waals surface area contributed by atoms with Crippen molar-refractivity contribution in [2.45, 2.75) is 26.2 Å². The van der Waals surface area contributed by atoms with E-state index in [1.807, 2.05) is 18.2 Å². The van der Waals surface area contributed by atoms with Crippen LogP contribution in [0.1, 0.15) is 26.5 Å². The number of hydrogen-bond donors (Lipinski definition) is 0. The molecule has 3 heteroatoms. The van der Waals surface area contributed by atoms with Gasteiger partial charge in [-0.25, -0.2) is 0 Å². The molecule has 3 rings (SSSR count). The molecule has 0 N–H and O–H groups in total. The van der Waals surface area contributed by atoms with Crippen LogP contribution < -0.4 is 8.92 Å². The molecule has 3 aromatic rings. The van der Waals surface area contributed by atoms with Gasteiger partial charge in [-0.05, 0) is 0 Å². The van der Waals surface area contributed by atoms with Crippen LogP contribution in [0.2, 0.25) is 0 Å². The van der Waals surface area contributed by atoms with Gasteiger partial charge < -0.3 is 0 Å². The second-order valence-electron chi connectivity index (χ2n) is 6.22. The number of hydrogen-bond acceptors (Lipinski definition) is 2. The molecule has 0 radical (unpaired) electrons. The third-order valence-electron chi connectivity index (χ3n) is 3.34. The van der Waals surface area contributed by atoms with Gasteiger partial charge in [0.05, 0.1) is 0 Å². The van der Waals surface area contributed by atoms with Crippen LogP contribution in [-0.2, 0) is 5.41 Å². The summed E-state index contributed by atoms with van der Waals surface area (Å²) in [5.74, 6) is 0.996. The zero-order valence-electron chi connectivity index (χ0n) is 13.0. The number of rotatable bonds is 3. The van der Waals surface area contributed by atoms with E-state index in [9.17, 15) is 0 Å². The normalized spacial score (nSPS) is 11.6. The van der Waals surface area contributed by atoms with Crippen molar-refractivity contribution in [2.75, 3.05) is 0 Å². The zero-order valence-corrected chi connectivity index (χ0v) is 14.8. The monoisotopic (exact) mass is 357 g/mol. The Kier molecular flexibility index (Phi) is 4.19. The van der Waals surface area contributed by atoms with E-state index in [4.69, 9.17) is 4.52 Å². The molecule has 0 aliphatic carbocycles. The Morgan fingerprint density at radius 2 is 1.45 bits per heavy atom. The minimum absolute atomic E-state index is 0.0497. The van der Waals surface area contributed by atoms with E-state index in [2.05, 4.69) is 68.4 Å². The molecule has 1 aromatic heterocycles. The third kappa shape index (κ3) is 3.16. The van der Waals surface area contributed by atoms with Crippen LogP contribution in [-0.4, -0.2) is 20.1 Å². The Bertz CT molecular complexity index is 742. The maximum atomic E-state index is 5.75. The fourth-order valence-electron chi connectivity index (χ4n) is 2.24. The van der Waals surface area contributed by atoms with Crippen LogP contribution >= 0.6 is 0 Å². The van der Waals surface area contributed by atoms with Crippen LogP contribution in [0.15, 0.2) is 65.2 Å². The van der Waals surface area contributed by atoms with Crippen molar-refractivity contribution >= 4 is 23.9 Å². The molecule has 0 atom stereocenters. The molecule has 0 saturated carbocycles. The van der Waals surface area contributed by atoms with Gasteiger partial charge in [0, 0.05) is 0 Å². The molecule has 112 valence electrons. The molecule has 2 nitrogen and oxygen atoms in total. The quantitative estimate of drug-likeness (QED) is 0.673. The van der Waals surface area contributed by atoms with E-state index in [-0.39, 0.29) is 20.4 Å².